The lowest BCUT2D eigenvalue weighted by Gasteiger charge is -2.16. The standard InChI is InChI=1S/C19H23N3O3/c23-17-10-18(24)21-11-16(17)19(25)20-8-6-15-7-9-22(13-15)12-14-4-2-1-3-5-14/h1-5,10-11,15H,6-9,12-13H2,(H,20,25)(H2,21,23,24)/t15-/m1/s1. The average molecular weight is 341 g/mol. The molecule has 3 N–H and O–H groups in total. The summed E-state index contributed by atoms with van der Waals surface area (Å²) in [6.45, 7) is 3.64. The first-order valence-electron chi connectivity index (χ1n) is 8.58. The number of carbonyl (C=O) groups excluding carboxylic acids is 1. The summed E-state index contributed by atoms with van der Waals surface area (Å²) in [7, 11) is 0. The van der Waals surface area contributed by atoms with E-state index in [1.807, 2.05) is 6.07 Å². The van der Waals surface area contributed by atoms with Crippen LogP contribution in [0.2, 0.25) is 0 Å². The summed E-state index contributed by atoms with van der Waals surface area (Å²) in [5, 5.41) is 12.5. The molecule has 2 heterocycles. The number of aromatic hydroxyl groups is 1. The molecule has 6 heteroatoms. The first-order valence-corrected chi connectivity index (χ1v) is 8.58. The number of hydrogen-bond donors (Lipinski definition) is 3. The molecule has 1 aromatic heterocycles. The molecule has 3 rings (SSSR count). The Morgan fingerprint density at radius 1 is 1.32 bits per heavy atom. The molecule has 2 aromatic rings. The summed E-state index contributed by atoms with van der Waals surface area (Å²) in [5.41, 5.74) is 0.986. The van der Waals surface area contributed by atoms with Crippen LogP contribution in [0.4, 0.5) is 0 Å². The van der Waals surface area contributed by atoms with E-state index in [9.17, 15) is 14.7 Å². The Kier molecular flexibility index (Phi) is 5.50. The van der Waals surface area contributed by atoms with Crippen LogP contribution in [0.25, 0.3) is 0 Å². The van der Waals surface area contributed by atoms with Gasteiger partial charge in [-0.2, -0.15) is 0 Å². The topological polar surface area (TPSA) is 85.4 Å². The molecule has 0 aliphatic carbocycles. The first-order chi connectivity index (χ1) is 12.1. The molecule has 0 radical (unpaired) electrons. The molecule has 1 amide bonds. The van der Waals surface area contributed by atoms with Gasteiger partial charge in [0.15, 0.2) is 0 Å². The molecule has 0 saturated carbocycles. The number of H-pyrrole nitrogens is 1. The highest BCUT2D eigenvalue weighted by molar-refractivity contribution is 5.96. The average Bonchev–Trinajstić information content (AvgIpc) is 3.03. The van der Waals surface area contributed by atoms with Gasteiger partial charge in [-0.1, -0.05) is 30.3 Å². The maximum atomic E-state index is 12.1. The predicted octanol–water partition coefficient (Wildman–Crippen LogP) is 1.72. The van der Waals surface area contributed by atoms with Crippen molar-refractivity contribution in [2.75, 3.05) is 19.6 Å². The molecule has 1 fully saturated rings. The van der Waals surface area contributed by atoms with E-state index in [0.717, 1.165) is 38.5 Å². The summed E-state index contributed by atoms with van der Waals surface area (Å²) in [6.07, 6.45) is 3.28. The van der Waals surface area contributed by atoms with E-state index in [1.54, 1.807) is 0 Å². The van der Waals surface area contributed by atoms with Crippen LogP contribution in [-0.2, 0) is 6.54 Å². The molecular formula is C19H23N3O3. The molecule has 6 nitrogen and oxygen atoms in total. The van der Waals surface area contributed by atoms with Crippen molar-refractivity contribution in [3.8, 4) is 5.75 Å². The number of likely N-dealkylation sites (tertiary alicyclic amines) is 1. The number of benzene rings is 1. The zero-order valence-electron chi connectivity index (χ0n) is 14.1. The number of pyridine rings is 1. The normalized spacial score (nSPS) is 17.5. The van der Waals surface area contributed by atoms with E-state index < -0.39 is 5.56 Å². The van der Waals surface area contributed by atoms with E-state index in [1.165, 1.54) is 11.8 Å². The largest absolute Gasteiger partial charge is 0.507 e. The highest BCUT2D eigenvalue weighted by Crippen LogP contribution is 2.21. The maximum Gasteiger partial charge on any atom is 0.256 e. The van der Waals surface area contributed by atoms with E-state index in [4.69, 9.17) is 0 Å². The van der Waals surface area contributed by atoms with Crippen molar-refractivity contribution >= 4 is 5.91 Å². The second kappa shape index (κ2) is 7.98. The Labute approximate surface area is 146 Å². The van der Waals surface area contributed by atoms with Gasteiger partial charge in [0.05, 0.1) is 5.56 Å². The van der Waals surface area contributed by atoms with Crippen LogP contribution in [0.5, 0.6) is 5.75 Å². The molecule has 1 aliphatic rings. The minimum absolute atomic E-state index is 0.0942. The fraction of sp³-hybridized carbons (Fsp3) is 0.368. The van der Waals surface area contributed by atoms with Gasteiger partial charge in [0, 0.05) is 31.9 Å². The summed E-state index contributed by atoms with van der Waals surface area (Å²) >= 11 is 0. The Balaban J connectivity index is 1.42. The highest BCUT2D eigenvalue weighted by atomic mass is 16.3. The Morgan fingerprint density at radius 3 is 2.88 bits per heavy atom. The molecular weight excluding hydrogens is 318 g/mol. The Hall–Kier alpha value is -2.60. The molecule has 0 spiro atoms. The van der Waals surface area contributed by atoms with Crippen molar-refractivity contribution in [1.29, 1.82) is 0 Å². The molecule has 25 heavy (non-hydrogen) atoms. The minimum Gasteiger partial charge on any atom is -0.507 e. The van der Waals surface area contributed by atoms with E-state index in [0.29, 0.717) is 12.5 Å². The number of rotatable bonds is 6. The lowest BCUT2D eigenvalue weighted by Crippen LogP contribution is -2.27. The third kappa shape index (κ3) is 4.70. The van der Waals surface area contributed by atoms with Gasteiger partial charge in [-0.15, -0.1) is 0 Å². The SMILES string of the molecule is O=C(NCC[C@@H]1CCN(Cc2ccccc2)C1)c1c[nH]c(=O)cc1O. The van der Waals surface area contributed by atoms with Crippen molar-refractivity contribution in [2.45, 2.75) is 19.4 Å². The molecule has 1 aromatic carbocycles. The third-order valence-corrected chi connectivity index (χ3v) is 4.60. The number of nitrogens with zero attached hydrogens (tertiary/aromatic N) is 1. The van der Waals surface area contributed by atoms with Crippen LogP contribution in [0.15, 0.2) is 47.4 Å². The summed E-state index contributed by atoms with van der Waals surface area (Å²) in [6, 6.07) is 11.4. The van der Waals surface area contributed by atoms with Crippen LogP contribution in [-0.4, -0.2) is 40.5 Å². The van der Waals surface area contributed by atoms with Gasteiger partial charge in [0.25, 0.3) is 11.5 Å². The van der Waals surface area contributed by atoms with Crippen LogP contribution in [0.1, 0.15) is 28.8 Å². The zero-order chi connectivity index (χ0) is 17.6. The van der Waals surface area contributed by atoms with Crippen molar-refractivity contribution in [3.63, 3.8) is 0 Å². The van der Waals surface area contributed by atoms with Gasteiger partial charge in [-0.25, -0.2) is 0 Å². The molecule has 1 atom stereocenters. The van der Waals surface area contributed by atoms with Crippen molar-refractivity contribution in [1.82, 2.24) is 15.2 Å². The van der Waals surface area contributed by atoms with Crippen LogP contribution < -0.4 is 10.9 Å². The van der Waals surface area contributed by atoms with Crippen molar-refractivity contribution in [2.24, 2.45) is 5.92 Å². The lowest BCUT2D eigenvalue weighted by atomic mass is 10.1. The summed E-state index contributed by atoms with van der Waals surface area (Å²) in [5.74, 6) is -0.0998. The maximum absolute atomic E-state index is 12.1. The quantitative estimate of drug-likeness (QED) is 0.747. The monoisotopic (exact) mass is 341 g/mol. The van der Waals surface area contributed by atoms with Crippen molar-refractivity contribution < 1.29 is 9.90 Å². The third-order valence-electron chi connectivity index (χ3n) is 4.60. The molecule has 1 saturated heterocycles. The first kappa shape index (κ1) is 17.2. The zero-order valence-corrected chi connectivity index (χ0v) is 14.1. The van der Waals surface area contributed by atoms with Crippen LogP contribution in [0.3, 0.4) is 0 Å². The van der Waals surface area contributed by atoms with Gasteiger partial charge < -0.3 is 15.4 Å². The second-order valence-corrected chi connectivity index (χ2v) is 6.52. The van der Waals surface area contributed by atoms with Gasteiger partial charge in [-0.3, -0.25) is 14.5 Å². The predicted molar refractivity (Wildman–Crippen MR) is 95.5 cm³/mol. The van der Waals surface area contributed by atoms with Gasteiger partial charge in [-0.05, 0) is 30.9 Å². The second-order valence-electron chi connectivity index (χ2n) is 6.52. The number of carbonyl (C=O) groups is 1. The summed E-state index contributed by atoms with van der Waals surface area (Å²) in [4.78, 5) is 28.0. The summed E-state index contributed by atoms with van der Waals surface area (Å²) < 4.78 is 0. The minimum atomic E-state index is -0.432. The molecule has 0 bridgehead atoms. The van der Waals surface area contributed by atoms with E-state index >= 15 is 0 Å². The van der Waals surface area contributed by atoms with Crippen LogP contribution >= 0.6 is 0 Å². The number of aromatic nitrogens is 1. The van der Waals surface area contributed by atoms with Crippen LogP contribution in [0, 0.1) is 5.92 Å². The molecule has 0 unspecified atom stereocenters. The lowest BCUT2D eigenvalue weighted by molar-refractivity contribution is 0.0948. The van der Waals surface area contributed by atoms with Crippen molar-refractivity contribution in [3.05, 3.63) is 64.1 Å². The fourth-order valence-corrected chi connectivity index (χ4v) is 3.26. The Bertz CT molecular complexity index is 773. The molecule has 1 aliphatic heterocycles. The molecule has 132 valence electrons. The fourth-order valence-electron chi connectivity index (χ4n) is 3.26. The van der Waals surface area contributed by atoms with Gasteiger partial charge >= 0.3 is 0 Å². The smallest absolute Gasteiger partial charge is 0.256 e. The number of hydrogen-bond acceptors (Lipinski definition) is 4. The van der Waals surface area contributed by atoms with Gasteiger partial charge in [0.1, 0.15) is 5.75 Å². The van der Waals surface area contributed by atoms with Gasteiger partial charge in [0.2, 0.25) is 0 Å². The Morgan fingerprint density at radius 2 is 2.12 bits per heavy atom. The van der Waals surface area contributed by atoms with E-state index in [2.05, 4.69) is 39.5 Å². The number of amides is 1. The van der Waals surface area contributed by atoms with E-state index in [-0.39, 0.29) is 17.2 Å². The number of nitrogens with one attached hydrogen (secondary N) is 2. The number of aromatic amines is 1. The highest BCUT2D eigenvalue weighted by Gasteiger charge is 2.22.